The normalized spacial score (nSPS) is 15.4. The van der Waals surface area contributed by atoms with Gasteiger partial charge < -0.3 is 16.0 Å². The van der Waals surface area contributed by atoms with Gasteiger partial charge in [-0.05, 0) is 36.8 Å². The van der Waals surface area contributed by atoms with Gasteiger partial charge in [-0.1, -0.05) is 41.4 Å². The van der Waals surface area contributed by atoms with Gasteiger partial charge >= 0.3 is 0 Å². The molecule has 0 aliphatic carbocycles. The highest BCUT2D eigenvalue weighted by Crippen LogP contribution is 2.25. The van der Waals surface area contributed by atoms with Crippen LogP contribution in [0.15, 0.2) is 42.5 Å². The van der Waals surface area contributed by atoms with Crippen LogP contribution < -0.4 is 11.1 Å². The van der Waals surface area contributed by atoms with Crippen molar-refractivity contribution in [2.24, 2.45) is 5.73 Å². The van der Waals surface area contributed by atoms with Crippen molar-refractivity contribution in [1.82, 2.24) is 15.1 Å². The Labute approximate surface area is 191 Å². The first-order chi connectivity index (χ1) is 14.8. The molecular formula is C22H24Cl2N4O3. The Hall–Kier alpha value is -2.61. The van der Waals surface area contributed by atoms with E-state index in [2.05, 4.69) is 10.2 Å². The minimum Gasteiger partial charge on any atom is -0.366 e. The summed E-state index contributed by atoms with van der Waals surface area (Å²) in [6, 6.07) is 11.3. The van der Waals surface area contributed by atoms with Crippen molar-refractivity contribution in [3.8, 4) is 0 Å². The lowest BCUT2D eigenvalue weighted by Gasteiger charge is -2.36. The summed E-state index contributed by atoms with van der Waals surface area (Å²) in [4.78, 5) is 40.4. The van der Waals surface area contributed by atoms with Gasteiger partial charge in [0.05, 0.1) is 15.6 Å². The molecule has 0 bridgehead atoms. The molecule has 0 aromatic heterocycles. The van der Waals surface area contributed by atoms with Gasteiger partial charge in [0.1, 0.15) is 6.04 Å². The Morgan fingerprint density at radius 3 is 2.29 bits per heavy atom. The second kappa shape index (κ2) is 10.1. The van der Waals surface area contributed by atoms with E-state index in [1.165, 1.54) is 0 Å². The van der Waals surface area contributed by atoms with E-state index in [-0.39, 0.29) is 21.5 Å². The number of benzene rings is 2. The molecule has 3 amide bonds. The number of primary amides is 1. The molecule has 2 aromatic rings. The summed E-state index contributed by atoms with van der Waals surface area (Å²) in [6.45, 7) is 4.94. The van der Waals surface area contributed by atoms with Crippen molar-refractivity contribution in [3.63, 3.8) is 0 Å². The fraction of sp³-hybridized carbons (Fsp3) is 0.318. The van der Waals surface area contributed by atoms with Crippen molar-refractivity contribution in [2.45, 2.75) is 19.5 Å². The van der Waals surface area contributed by atoms with Crippen LogP contribution in [0.25, 0.3) is 0 Å². The molecule has 0 saturated carbocycles. The molecular weight excluding hydrogens is 439 g/mol. The van der Waals surface area contributed by atoms with E-state index in [0.29, 0.717) is 31.7 Å². The van der Waals surface area contributed by atoms with Gasteiger partial charge in [-0.25, -0.2) is 0 Å². The largest absolute Gasteiger partial charge is 0.366 e. The summed E-state index contributed by atoms with van der Waals surface area (Å²) in [6.07, 6.45) is 0. The topological polar surface area (TPSA) is 95.7 Å². The minimum atomic E-state index is -0.685. The third-order valence-corrected chi connectivity index (χ3v) is 6.06. The quantitative estimate of drug-likeness (QED) is 0.689. The van der Waals surface area contributed by atoms with Gasteiger partial charge in [0.2, 0.25) is 11.8 Å². The third kappa shape index (κ3) is 5.76. The molecule has 1 aliphatic heterocycles. The van der Waals surface area contributed by atoms with Gasteiger partial charge in [-0.15, -0.1) is 0 Å². The van der Waals surface area contributed by atoms with Gasteiger partial charge in [0.25, 0.3) is 5.91 Å². The number of nitrogens with two attached hydrogens (primary N) is 1. The number of halogens is 2. The molecule has 7 nitrogen and oxygen atoms in total. The molecule has 9 heteroatoms. The van der Waals surface area contributed by atoms with E-state index in [9.17, 15) is 14.4 Å². The van der Waals surface area contributed by atoms with Crippen LogP contribution in [0.1, 0.15) is 33.2 Å². The van der Waals surface area contributed by atoms with Crippen molar-refractivity contribution < 1.29 is 14.4 Å². The molecule has 1 aliphatic rings. The lowest BCUT2D eigenvalue weighted by atomic mass is 10.1. The first-order valence-corrected chi connectivity index (χ1v) is 10.7. The molecule has 0 spiro atoms. The Balaban J connectivity index is 1.50. The predicted octanol–water partition coefficient (Wildman–Crippen LogP) is 2.56. The summed E-state index contributed by atoms with van der Waals surface area (Å²) in [5, 5.41) is 3.15. The molecule has 3 rings (SSSR count). The van der Waals surface area contributed by atoms with E-state index < -0.39 is 17.9 Å². The molecule has 164 valence electrons. The highest BCUT2D eigenvalue weighted by molar-refractivity contribution is 6.43. The van der Waals surface area contributed by atoms with Crippen LogP contribution in [0, 0.1) is 0 Å². The molecule has 1 atom stereocenters. The van der Waals surface area contributed by atoms with Crippen molar-refractivity contribution in [2.75, 3.05) is 26.2 Å². The number of carbonyl (C=O) groups is 3. The third-order valence-electron chi connectivity index (χ3n) is 5.24. The number of rotatable bonds is 6. The van der Waals surface area contributed by atoms with E-state index in [1.807, 2.05) is 12.1 Å². The van der Waals surface area contributed by atoms with Gasteiger partial charge in [-0.3, -0.25) is 19.3 Å². The average Bonchev–Trinajstić information content (AvgIpc) is 2.76. The summed E-state index contributed by atoms with van der Waals surface area (Å²) in [7, 11) is 0. The van der Waals surface area contributed by atoms with Crippen LogP contribution in [-0.2, 0) is 11.3 Å². The minimum absolute atomic E-state index is 0.142. The van der Waals surface area contributed by atoms with Gasteiger partial charge in [-0.2, -0.15) is 0 Å². The zero-order valence-electron chi connectivity index (χ0n) is 17.1. The molecule has 3 N–H and O–H groups in total. The predicted molar refractivity (Wildman–Crippen MR) is 120 cm³/mol. The first kappa shape index (κ1) is 23.1. The van der Waals surface area contributed by atoms with Crippen molar-refractivity contribution in [3.05, 3.63) is 69.2 Å². The van der Waals surface area contributed by atoms with Gasteiger partial charge in [0.15, 0.2) is 0 Å². The monoisotopic (exact) mass is 462 g/mol. The number of nitrogens with zero attached hydrogens (tertiary/aromatic N) is 2. The number of carbonyl (C=O) groups excluding carboxylic acids is 3. The zero-order chi connectivity index (χ0) is 22.5. The van der Waals surface area contributed by atoms with E-state index in [0.717, 1.165) is 12.1 Å². The van der Waals surface area contributed by atoms with Gasteiger partial charge in [0, 0.05) is 38.3 Å². The fourth-order valence-corrected chi connectivity index (χ4v) is 3.83. The summed E-state index contributed by atoms with van der Waals surface area (Å²) in [5.41, 5.74) is 7.06. The standard InChI is InChI=1S/C22H24Cl2N4O3/c1-14(26-21(30)17-3-2-4-18(23)19(17)24)22(31)28-11-9-27(10-12-28)13-15-5-7-16(8-6-15)20(25)29/h2-8,14H,9-13H2,1H3,(H2,25,29)(H,26,30). The molecule has 1 saturated heterocycles. The summed E-state index contributed by atoms with van der Waals surface area (Å²) >= 11 is 12.0. The number of hydrogen-bond donors (Lipinski definition) is 2. The fourth-order valence-electron chi connectivity index (χ4n) is 3.45. The maximum absolute atomic E-state index is 12.8. The highest BCUT2D eigenvalue weighted by Gasteiger charge is 2.26. The Bertz CT molecular complexity index is 973. The van der Waals surface area contributed by atoms with E-state index >= 15 is 0 Å². The van der Waals surface area contributed by atoms with E-state index in [4.69, 9.17) is 28.9 Å². The van der Waals surface area contributed by atoms with Crippen LogP contribution in [0.4, 0.5) is 0 Å². The highest BCUT2D eigenvalue weighted by atomic mass is 35.5. The summed E-state index contributed by atoms with van der Waals surface area (Å²) in [5.74, 6) is -1.03. The maximum atomic E-state index is 12.8. The molecule has 0 radical (unpaired) electrons. The smallest absolute Gasteiger partial charge is 0.253 e. The number of piperazine rings is 1. The Morgan fingerprint density at radius 2 is 1.68 bits per heavy atom. The number of amides is 3. The summed E-state index contributed by atoms with van der Waals surface area (Å²) < 4.78 is 0. The van der Waals surface area contributed by atoms with Crippen LogP contribution >= 0.6 is 23.2 Å². The molecule has 2 aromatic carbocycles. The lowest BCUT2D eigenvalue weighted by Crippen LogP contribution is -2.53. The number of hydrogen-bond acceptors (Lipinski definition) is 4. The van der Waals surface area contributed by atoms with Crippen molar-refractivity contribution >= 4 is 40.9 Å². The SMILES string of the molecule is CC(NC(=O)c1cccc(Cl)c1Cl)C(=O)N1CCN(Cc2ccc(C(N)=O)cc2)CC1. The molecule has 1 heterocycles. The van der Waals surface area contributed by atoms with E-state index in [1.54, 1.807) is 42.2 Å². The first-order valence-electron chi connectivity index (χ1n) is 9.91. The van der Waals surface area contributed by atoms with Crippen LogP contribution in [0.3, 0.4) is 0 Å². The van der Waals surface area contributed by atoms with Crippen LogP contribution in [-0.4, -0.2) is 59.7 Å². The molecule has 1 fully saturated rings. The Kier molecular flexibility index (Phi) is 7.54. The lowest BCUT2D eigenvalue weighted by molar-refractivity contribution is -0.134. The Morgan fingerprint density at radius 1 is 1.03 bits per heavy atom. The zero-order valence-corrected chi connectivity index (χ0v) is 18.6. The van der Waals surface area contributed by atoms with Crippen LogP contribution in [0.2, 0.25) is 10.0 Å². The molecule has 31 heavy (non-hydrogen) atoms. The second-order valence-corrected chi connectivity index (χ2v) is 8.24. The van der Waals surface area contributed by atoms with Crippen molar-refractivity contribution in [1.29, 1.82) is 0 Å². The van der Waals surface area contributed by atoms with Crippen LogP contribution in [0.5, 0.6) is 0 Å². The maximum Gasteiger partial charge on any atom is 0.253 e. The number of nitrogens with one attached hydrogen (secondary N) is 1. The molecule has 1 unspecified atom stereocenters. The second-order valence-electron chi connectivity index (χ2n) is 7.46. The average molecular weight is 463 g/mol.